The van der Waals surface area contributed by atoms with Crippen LogP contribution in [0.4, 0.5) is 5.82 Å². The minimum Gasteiger partial charge on any atom is -0.340 e. The molecule has 0 aliphatic heterocycles. The molecule has 0 unspecified atom stereocenters. The third kappa shape index (κ3) is 2.65. The van der Waals surface area contributed by atoms with Crippen LogP contribution < -0.4 is 5.32 Å². The lowest BCUT2D eigenvalue weighted by atomic mass is 10.1. The first-order valence-corrected chi connectivity index (χ1v) is 7.45. The minimum atomic E-state index is -0.476. The van der Waals surface area contributed by atoms with Crippen LogP contribution in [0.1, 0.15) is 26.5 Å². The van der Waals surface area contributed by atoms with E-state index in [9.17, 15) is 9.59 Å². The van der Waals surface area contributed by atoms with E-state index in [1.165, 1.54) is 12.5 Å². The molecule has 1 aromatic carbocycles. The summed E-state index contributed by atoms with van der Waals surface area (Å²) in [4.78, 5) is 40.0. The van der Waals surface area contributed by atoms with Crippen molar-refractivity contribution in [3.8, 4) is 0 Å². The Kier molecular flexibility index (Phi) is 3.55. The number of hydrogen-bond acceptors (Lipinski definition) is 5. The summed E-state index contributed by atoms with van der Waals surface area (Å²) in [6, 6.07) is 8.68. The molecule has 0 radical (unpaired) electrons. The molecule has 3 aromatic heterocycles. The molecule has 3 heterocycles. The Bertz CT molecular complexity index is 1070. The minimum absolute atomic E-state index is 0.0687. The summed E-state index contributed by atoms with van der Waals surface area (Å²) in [6.07, 6.45) is 7.69. The van der Waals surface area contributed by atoms with Crippen LogP contribution in [-0.2, 0) is 0 Å². The predicted molar refractivity (Wildman–Crippen MR) is 89.4 cm³/mol. The van der Waals surface area contributed by atoms with Gasteiger partial charge in [-0.05, 0) is 0 Å². The van der Waals surface area contributed by atoms with Crippen molar-refractivity contribution in [3.63, 3.8) is 0 Å². The number of rotatable bonds is 4. The van der Waals surface area contributed by atoms with Crippen LogP contribution >= 0.6 is 0 Å². The molecule has 0 atom stereocenters. The Labute approximate surface area is 141 Å². The number of amides is 1. The average molecular weight is 332 g/mol. The van der Waals surface area contributed by atoms with Gasteiger partial charge in [0.15, 0.2) is 5.65 Å². The Morgan fingerprint density at radius 3 is 2.76 bits per heavy atom. The molecular formula is C17H12N6O2. The standard InChI is InChI=1S/C17H12N6O2/c24-16(11-4-2-1-3-5-11)14-15(21-10-20-14)17(25)22-13-9-19-12-8-18-6-7-23(12)13/h1-10H,(H,20,21)(H,22,25). The molecule has 0 saturated heterocycles. The first kappa shape index (κ1) is 14.8. The van der Waals surface area contributed by atoms with E-state index in [0.29, 0.717) is 17.0 Å². The lowest BCUT2D eigenvalue weighted by Crippen LogP contribution is -2.18. The third-order valence-electron chi connectivity index (χ3n) is 3.68. The van der Waals surface area contributed by atoms with Crippen LogP contribution in [0.3, 0.4) is 0 Å². The van der Waals surface area contributed by atoms with Crippen molar-refractivity contribution in [2.45, 2.75) is 0 Å². The highest BCUT2D eigenvalue weighted by molar-refractivity contribution is 6.15. The molecule has 8 heteroatoms. The first-order valence-electron chi connectivity index (χ1n) is 7.45. The smallest absolute Gasteiger partial charge is 0.275 e. The van der Waals surface area contributed by atoms with Crippen molar-refractivity contribution < 1.29 is 9.59 Å². The largest absolute Gasteiger partial charge is 0.340 e. The fourth-order valence-corrected chi connectivity index (χ4v) is 2.48. The Morgan fingerprint density at radius 1 is 1.08 bits per heavy atom. The summed E-state index contributed by atoms with van der Waals surface area (Å²) >= 11 is 0. The molecule has 0 aliphatic rings. The molecule has 0 spiro atoms. The maximum atomic E-state index is 12.6. The van der Waals surface area contributed by atoms with Crippen molar-refractivity contribution in [2.75, 3.05) is 5.32 Å². The van der Waals surface area contributed by atoms with Crippen molar-refractivity contribution in [3.05, 3.63) is 78.4 Å². The van der Waals surface area contributed by atoms with Crippen LogP contribution in [-0.4, -0.2) is 36.0 Å². The van der Waals surface area contributed by atoms with Gasteiger partial charge in [0.25, 0.3) is 5.91 Å². The quantitative estimate of drug-likeness (QED) is 0.556. The van der Waals surface area contributed by atoms with E-state index in [2.05, 4.69) is 25.3 Å². The molecule has 0 saturated carbocycles. The van der Waals surface area contributed by atoms with Gasteiger partial charge in [-0.15, -0.1) is 0 Å². The van der Waals surface area contributed by atoms with E-state index >= 15 is 0 Å². The molecule has 0 fully saturated rings. The Morgan fingerprint density at radius 2 is 1.92 bits per heavy atom. The van der Waals surface area contributed by atoms with E-state index < -0.39 is 5.91 Å². The number of benzene rings is 1. The normalized spacial score (nSPS) is 10.7. The van der Waals surface area contributed by atoms with Crippen molar-refractivity contribution in [2.24, 2.45) is 0 Å². The average Bonchev–Trinajstić information content (AvgIpc) is 3.29. The number of fused-ring (bicyclic) bond motifs is 1. The number of nitrogens with one attached hydrogen (secondary N) is 2. The van der Waals surface area contributed by atoms with E-state index in [-0.39, 0.29) is 17.2 Å². The summed E-state index contributed by atoms with van der Waals surface area (Å²) in [5.41, 5.74) is 1.23. The lowest BCUT2D eigenvalue weighted by Gasteiger charge is -2.05. The zero-order valence-electron chi connectivity index (χ0n) is 12.9. The topological polar surface area (TPSA) is 105 Å². The van der Waals surface area contributed by atoms with Crippen LogP contribution in [0.2, 0.25) is 0 Å². The summed E-state index contributed by atoms with van der Waals surface area (Å²) < 4.78 is 1.68. The number of carbonyl (C=O) groups is 2. The van der Waals surface area contributed by atoms with E-state index in [1.807, 2.05) is 6.07 Å². The Hall–Kier alpha value is -3.81. The number of H-pyrrole nitrogens is 1. The second-order valence-electron chi connectivity index (χ2n) is 5.22. The number of hydrogen-bond donors (Lipinski definition) is 2. The van der Waals surface area contributed by atoms with E-state index in [4.69, 9.17) is 0 Å². The maximum Gasteiger partial charge on any atom is 0.275 e. The number of imidazole rings is 2. The van der Waals surface area contributed by atoms with E-state index in [0.717, 1.165) is 0 Å². The van der Waals surface area contributed by atoms with E-state index in [1.54, 1.807) is 47.3 Å². The van der Waals surface area contributed by atoms with Crippen molar-refractivity contribution >= 4 is 23.2 Å². The molecule has 0 bridgehead atoms. The lowest BCUT2D eigenvalue weighted by molar-refractivity contribution is 0.0991. The highest BCUT2D eigenvalue weighted by atomic mass is 16.2. The van der Waals surface area contributed by atoms with Gasteiger partial charge in [0.2, 0.25) is 5.78 Å². The van der Waals surface area contributed by atoms with Gasteiger partial charge in [0, 0.05) is 18.0 Å². The highest BCUT2D eigenvalue weighted by Gasteiger charge is 2.22. The number of carbonyl (C=O) groups excluding carboxylic acids is 2. The fraction of sp³-hybridized carbons (Fsp3) is 0. The number of ketones is 1. The Balaban J connectivity index is 1.64. The van der Waals surface area contributed by atoms with Crippen molar-refractivity contribution in [1.29, 1.82) is 0 Å². The van der Waals surface area contributed by atoms with Crippen LogP contribution in [0.15, 0.2) is 61.4 Å². The summed E-state index contributed by atoms with van der Waals surface area (Å²) in [6.45, 7) is 0. The second-order valence-corrected chi connectivity index (χ2v) is 5.22. The van der Waals surface area contributed by atoms with Gasteiger partial charge >= 0.3 is 0 Å². The zero-order chi connectivity index (χ0) is 17.2. The molecule has 8 nitrogen and oxygen atoms in total. The third-order valence-corrected chi connectivity index (χ3v) is 3.68. The van der Waals surface area contributed by atoms with Gasteiger partial charge in [0.1, 0.15) is 17.2 Å². The van der Waals surface area contributed by atoms with Crippen LogP contribution in [0.25, 0.3) is 5.65 Å². The molecule has 1 amide bonds. The monoisotopic (exact) mass is 332 g/mol. The van der Waals surface area contributed by atoms with Gasteiger partial charge in [0.05, 0.1) is 18.7 Å². The SMILES string of the molecule is O=C(c1ccccc1)c1nc[nH]c1C(=O)Nc1cnc2cnccn12. The number of nitrogens with zero attached hydrogens (tertiary/aromatic N) is 4. The van der Waals surface area contributed by atoms with Gasteiger partial charge in [-0.3, -0.25) is 19.0 Å². The van der Waals surface area contributed by atoms with Crippen LogP contribution in [0.5, 0.6) is 0 Å². The predicted octanol–water partition coefficient (Wildman–Crippen LogP) is 1.94. The molecule has 25 heavy (non-hydrogen) atoms. The number of aromatic nitrogens is 5. The summed E-state index contributed by atoms with van der Waals surface area (Å²) in [7, 11) is 0. The second kappa shape index (κ2) is 6.00. The molecule has 122 valence electrons. The molecule has 2 N–H and O–H groups in total. The van der Waals surface area contributed by atoms with Gasteiger partial charge in [-0.1, -0.05) is 30.3 Å². The van der Waals surface area contributed by atoms with Crippen LogP contribution in [0, 0.1) is 0 Å². The first-order chi connectivity index (χ1) is 12.2. The maximum absolute atomic E-state index is 12.6. The molecule has 4 aromatic rings. The van der Waals surface area contributed by atoms with Crippen molar-refractivity contribution in [1.82, 2.24) is 24.3 Å². The van der Waals surface area contributed by atoms with Gasteiger partial charge in [-0.25, -0.2) is 9.97 Å². The highest BCUT2D eigenvalue weighted by Crippen LogP contribution is 2.15. The van der Waals surface area contributed by atoms with Gasteiger partial charge < -0.3 is 10.3 Å². The number of aromatic amines is 1. The molecular weight excluding hydrogens is 320 g/mol. The fourth-order valence-electron chi connectivity index (χ4n) is 2.48. The van der Waals surface area contributed by atoms with Gasteiger partial charge in [-0.2, -0.15) is 0 Å². The zero-order valence-corrected chi connectivity index (χ0v) is 12.9. The number of anilines is 1. The molecule has 0 aliphatic carbocycles. The summed E-state index contributed by atoms with van der Waals surface area (Å²) in [5, 5.41) is 2.72. The summed E-state index contributed by atoms with van der Waals surface area (Å²) in [5.74, 6) is -0.333. The molecule has 4 rings (SSSR count).